The van der Waals surface area contributed by atoms with E-state index in [1.54, 1.807) is 7.11 Å². The average Bonchev–Trinajstić information content (AvgIpc) is 2.26. The Bertz CT molecular complexity index is 427. The van der Waals surface area contributed by atoms with Gasteiger partial charge in [-0.3, -0.25) is 0 Å². The highest BCUT2D eigenvalue weighted by Crippen LogP contribution is 2.39. The van der Waals surface area contributed by atoms with Gasteiger partial charge in [0, 0.05) is 12.0 Å². The normalized spacial score (nSPS) is 13.2. The minimum atomic E-state index is 0.0364. The second-order valence-corrected chi connectivity index (χ2v) is 5.93. The molecule has 0 radical (unpaired) electrons. The van der Waals surface area contributed by atoms with Crippen LogP contribution in [0.1, 0.15) is 56.7 Å². The van der Waals surface area contributed by atoms with Crippen molar-refractivity contribution in [3.05, 3.63) is 28.8 Å². The highest BCUT2D eigenvalue weighted by molar-refractivity contribution is 5.56. The summed E-state index contributed by atoms with van der Waals surface area (Å²) in [6.45, 7) is 10.7. The third-order valence-corrected chi connectivity index (χ3v) is 3.37. The Hall–Kier alpha value is -1.31. The Morgan fingerprint density at radius 2 is 1.94 bits per heavy atom. The maximum atomic E-state index is 10.7. The third-order valence-electron chi connectivity index (χ3n) is 3.37. The summed E-state index contributed by atoms with van der Waals surface area (Å²) in [6, 6.07) is 4.25. The van der Waals surface area contributed by atoms with E-state index in [1.165, 1.54) is 11.1 Å². The van der Waals surface area contributed by atoms with Crippen molar-refractivity contribution in [2.45, 2.75) is 52.4 Å². The molecule has 1 aromatic carbocycles. The van der Waals surface area contributed by atoms with Gasteiger partial charge in [-0.2, -0.15) is 0 Å². The molecule has 2 nitrogen and oxygen atoms in total. The maximum Gasteiger partial charge on any atom is 0.126 e. The second kappa shape index (κ2) is 5.55. The van der Waals surface area contributed by atoms with Crippen molar-refractivity contribution < 1.29 is 9.53 Å². The lowest BCUT2D eigenvalue weighted by molar-refractivity contribution is -0.108. The molecule has 1 rings (SSSR count). The van der Waals surface area contributed by atoms with Crippen molar-refractivity contribution in [2.75, 3.05) is 7.11 Å². The first-order chi connectivity index (χ1) is 8.32. The van der Waals surface area contributed by atoms with E-state index in [4.69, 9.17) is 4.74 Å². The van der Waals surface area contributed by atoms with Crippen LogP contribution < -0.4 is 4.74 Å². The van der Waals surface area contributed by atoms with E-state index in [9.17, 15) is 4.79 Å². The van der Waals surface area contributed by atoms with Crippen LogP contribution in [-0.2, 0) is 10.2 Å². The van der Waals surface area contributed by atoms with Gasteiger partial charge in [-0.15, -0.1) is 0 Å². The van der Waals surface area contributed by atoms with Gasteiger partial charge >= 0.3 is 0 Å². The Kier molecular flexibility index (Phi) is 4.55. The lowest BCUT2D eigenvalue weighted by Gasteiger charge is -2.26. The van der Waals surface area contributed by atoms with Crippen LogP contribution in [0.2, 0.25) is 0 Å². The Morgan fingerprint density at radius 1 is 1.33 bits per heavy atom. The van der Waals surface area contributed by atoms with E-state index >= 15 is 0 Å². The van der Waals surface area contributed by atoms with Crippen LogP contribution in [0.4, 0.5) is 0 Å². The van der Waals surface area contributed by atoms with Gasteiger partial charge < -0.3 is 9.53 Å². The molecule has 0 saturated carbocycles. The second-order valence-electron chi connectivity index (χ2n) is 5.93. The zero-order chi connectivity index (χ0) is 13.9. The van der Waals surface area contributed by atoms with Crippen molar-refractivity contribution in [1.29, 1.82) is 0 Å². The lowest BCUT2D eigenvalue weighted by Crippen LogP contribution is -2.15. The van der Waals surface area contributed by atoms with Crippen LogP contribution in [0.5, 0.6) is 5.75 Å². The number of hydrogen-bond acceptors (Lipinski definition) is 2. The van der Waals surface area contributed by atoms with E-state index in [1.807, 2.05) is 0 Å². The van der Waals surface area contributed by atoms with Crippen LogP contribution in [-0.4, -0.2) is 13.4 Å². The summed E-state index contributed by atoms with van der Waals surface area (Å²) in [6.07, 6.45) is 1.51. The van der Waals surface area contributed by atoms with Crippen LogP contribution in [0, 0.1) is 6.92 Å². The number of methoxy groups -OCH3 is 1. The molecular formula is C16H24O2. The third kappa shape index (κ3) is 2.92. The molecule has 0 aliphatic carbocycles. The van der Waals surface area contributed by atoms with Gasteiger partial charge in [-0.25, -0.2) is 0 Å². The molecular weight excluding hydrogens is 224 g/mol. The van der Waals surface area contributed by atoms with E-state index in [0.29, 0.717) is 6.42 Å². The molecule has 1 atom stereocenters. The molecule has 100 valence electrons. The van der Waals surface area contributed by atoms with Crippen LogP contribution in [0.25, 0.3) is 0 Å². The molecule has 1 aromatic rings. The van der Waals surface area contributed by atoms with E-state index in [-0.39, 0.29) is 11.3 Å². The highest BCUT2D eigenvalue weighted by atomic mass is 16.5. The van der Waals surface area contributed by atoms with E-state index in [0.717, 1.165) is 17.6 Å². The van der Waals surface area contributed by atoms with E-state index in [2.05, 4.69) is 46.8 Å². The number of ether oxygens (including phenoxy) is 1. The monoisotopic (exact) mass is 248 g/mol. The largest absolute Gasteiger partial charge is 0.496 e. The molecule has 0 saturated heterocycles. The first-order valence-electron chi connectivity index (χ1n) is 6.44. The Labute approximate surface area is 110 Å². The fourth-order valence-electron chi connectivity index (χ4n) is 2.38. The predicted octanol–water partition coefficient (Wildman–Crippen LogP) is 3.99. The van der Waals surface area contributed by atoms with Crippen LogP contribution in [0.3, 0.4) is 0 Å². The Morgan fingerprint density at radius 3 is 2.39 bits per heavy atom. The maximum absolute atomic E-state index is 10.7. The number of aldehydes is 1. The van der Waals surface area contributed by atoms with Gasteiger partial charge in [-0.1, -0.05) is 39.8 Å². The van der Waals surface area contributed by atoms with Gasteiger partial charge in [0.15, 0.2) is 0 Å². The fraction of sp³-hybridized carbons (Fsp3) is 0.562. The topological polar surface area (TPSA) is 26.3 Å². The Balaban J connectivity index is 3.44. The summed E-state index contributed by atoms with van der Waals surface area (Å²) in [5.74, 6) is 1.14. The van der Waals surface area contributed by atoms with Crippen molar-refractivity contribution in [1.82, 2.24) is 0 Å². The number of rotatable bonds is 4. The summed E-state index contributed by atoms with van der Waals surface area (Å²) in [5, 5.41) is 0. The van der Waals surface area contributed by atoms with Crippen LogP contribution >= 0.6 is 0 Å². The van der Waals surface area contributed by atoms with Gasteiger partial charge in [0.1, 0.15) is 12.0 Å². The highest BCUT2D eigenvalue weighted by Gasteiger charge is 2.24. The lowest BCUT2D eigenvalue weighted by atomic mass is 9.81. The van der Waals surface area contributed by atoms with Gasteiger partial charge in [0.2, 0.25) is 0 Å². The summed E-state index contributed by atoms with van der Waals surface area (Å²) in [4.78, 5) is 10.7. The fourth-order valence-corrected chi connectivity index (χ4v) is 2.38. The standard InChI is InChI=1S/C16H24O2/c1-11-7-8-13(16(3,4)5)15(18-6)14(11)12(2)9-10-17/h7-8,10,12H,9H2,1-6H3. The summed E-state index contributed by atoms with van der Waals surface area (Å²) in [5.41, 5.74) is 3.59. The van der Waals surface area contributed by atoms with Crippen molar-refractivity contribution in [2.24, 2.45) is 0 Å². The summed E-state index contributed by atoms with van der Waals surface area (Å²) < 4.78 is 5.64. The number of carbonyl (C=O) groups is 1. The molecule has 0 spiro atoms. The first-order valence-corrected chi connectivity index (χ1v) is 6.44. The quantitative estimate of drug-likeness (QED) is 0.753. The van der Waals surface area contributed by atoms with Gasteiger partial charge in [0.25, 0.3) is 0 Å². The SMILES string of the molecule is COc1c(C(C)(C)C)ccc(C)c1C(C)CC=O. The van der Waals surface area contributed by atoms with Gasteiger partial charge in [0.05, 0.1) is 7.11 Å². The molecule has 18 heavy (non-hydrogen) atoms. The van der Waals surface area contributed by atoms with Crippen molar-refractivity contribution >= 4 is 6.29 Å². The molecule has 0 fully saturated rings. The number of aryl methyl sites for hydroxylation is 1. The number of hydrogen-bond donors (Lipinski definition) is 0. The molecule has 0 aliphatic rings. The van der Waals surface area contributed by atoms with E-state index < -0.39 is 0 Å². The molecule has 0 heterocycles. The molecule has 0 amide bonds. The van der Waals surface area contributed by atoms with Crippen molar-refractivity contribution in [3.63, 3.8) is 0 Å². The van der Waals surface area contributed by atoms with Gasteiger partial charge in [-0.05, 0) is 29.4 Å². The smallest absolute Gasteiger partial charge is 0.126 e. The minimum absolute atomic E-state index is 0.0364. The predicted molar refractivity (Wildman–Crippen MR) is 75.5 cm³/mol. The van der Waals surface area contributed by atoms with Crippen molar-refractivity contribution in [3.8, 4) is 5.75 Å². The number of carbonyl (C=O) groups excluding carboxylic acids is 1. The molecule has 1 unspecified atom stereocenters. The molecule has 0 aliphatic heterocycles. The zero-order valence-electron chi connectivity index (χ0n) is 12.3. The molecule has 2 heteroatoms. The summed E-state index contributed by atoms with van der Waals surface area (Å²) >= 11 is 0. The molecule has 0 aromatic heterocycles. The molecule has 0 bridgehead atoms. The minimum Gasteiger partial charge on any atom is -0.496 e. The number of benzene rings is 1. The van der Waals surface area contributed by atoms with Crippen LogP contribution in [0.15, 0.2) is 12.1 Å². The molecule has 0 N–H and O–H groups in total. The average molecular weight is 248 g/mol. The zero-order valence-corrected chi connectivity index (χ0v) is 12.3. The first kappa shape index (κ1) is 14.7. The summed E-state index contributed by atoms with van der Waals surface area (Å²) in [7, 11) is 1.71.